The predicted molar refractivity (Wildman–Crippen MR) is 158 cm³/mol. The fourth-order valence-electron chi connectivity index (χ4n) is 5.35. The Hall–Kier alpha value is -4.48. The molecule has 11 heteroatoms. The molecule has 2 amide bonds. The lowest BCUT2D eigenvalue weighted by molar-refractivity contribution is -0.0364. The van der Waals surface area contributed by atoms with Gasteiger partial charge in [-0.3, -0.25) is 9.20 Å². The minimum Gasteiger partial charge on any atom is -0.443 e. The van der Waals surface area contributed by atoms with Gasteiger partial charge < -0.3 is 24.8 Å². The molecule has 6 rings (SSSR count). The number of aliphatic hydroxyl groups is 1. The normalized spacial score (nSPS) is 17.8. The number of nitrogens with zero attached hydrogens (tertiary/aromatic N) is 5. The highest BCUT2D eigenvalue weighted by molar-refractivity contribution is 6.11. The molecule has 218 valence electrons. The van der Waals surface area contributed by atoms with Gasteiger partial charge in [0.25, 0.3) is 5.91 Å². The van der Waals surface area contributed by atoms with Gasteiger partial charge in [-0.15, -0.1) is 0 Å². The minimum absolute atomic E-state index is 0.0713. The molecule has 2 unspecified atom stereocenters. The standard InChI is InChI=1S/C31H34N6O5/c1-19(38)25-18-35(13-14-41-25)20-8-11-26(32-15-20)34-23-10-9-21(24-16-33-27-7-5-6-12-36(24)27)22-17-37(29(39)28(22)23)30(40)42-31(2,3)4/h5-12,15-16,19,25,38H,13-14,17-18H2,1-4H3,(H,32,34). The predicted octanol–water partition coefficient (Wildman–Crippen LogP) is 4.62. The van der Waals surface area contributed by atoms with Gasteiger partial charge in [-0.05, 0) is 63.6 Å². The molecule has 0 aliphatic carbocycles. The number of imide groups is 1. The average molecular weight is 571 g/mol. The number of aromatic nitrogens is 3. The van der Waals surface area contributed by atoms with Crippen LogP contribution >= 0.6 is 0 Å². The highest BCUT2D eigenvalue weighted by atomic mass is 16.6. The molecule has 2 atom stereocenters. The Labute approximate surface area is 243 Å². The van der Waals surface area contributed by atoms with E-state index in [4.69, 9.17) is 9.47 Å². The molecule has 11 nitrogen and oxygen atoms in total. The van der Waals surface area contributed by atoms with Crippen molar-refractivity contribution in [1.82, 2.24) is 19.3 Å². The number of carbonyl (C=O) groups is 2. The molecule has 3 aromatic heterocycles. The van der Waals surface area contributed by atoms with Crippen LogP contribution in [-0.2, 0) is 16.0 Å². The number of hydrogen-bond acceptors (Lipinski definition) is 9. The summed E-state index contributed by atoms with van der Waals surface area (Å²) in [4.78, 5) is 39.2. The third-order valence-electron chi connectivity index (χ3n) is 7.40. The van der Waals surface area contributed by atoms with Gasteiger partial charge in [0.1, 0.15) is 23.2 Å². The van der Waals surface area contributed by atoms with Gasteiger partial charge >= 0.3 is 6.09 Å². The summed E-state index contributed by atoms with van der Waals surface area (Å²) in [5, 5.41) is 13.2. The molecule has 2 aliphatic heterocycles. The third-order valence-corrected chi connectivity index (χ3v) is 7.40. The Morgan fingerprint density at radius 3 is 2.71 bits per heavy atom. The quantitative estimate of drug-likeness (QED) is 0.354. The summed E-state index contributed by atoms with van der Waals surface area (Å²) in [6.07, 6.45) is 3.93. The third kappa shape index (κ3) is 5.28. The highest BCUT2D eigenvalue weighted by Crippen LogP contribution is 2.39. The number of aliphatic hydroxyl groups excluding tert-OH is 1. The Morgan fingerprint density at radius 1 is 1.14 bits per heavy atom. The SMILES string of the molecule is CC(O)C1CN(c2ccc(Nc3ccc(-c4cnc5ccccn45)c4c3C(=O)N(C(=O)OC(C)(C)C)C4)nc2)CCO1. The average Bonchev–Trinajstić information content (AvgIpc) is 3.55. The number of nitrogens with one attached hydrogen (secondary N) is 1. The van der Waals surface area contributed by atoms with Crippen LogP contribution in [0.15, 0.2) is 61.1 Å². The van der Waals surface area contributed by atoms with Crippen molar-refractivity contribution >= 4 is 34.8 Å². The van der Waals surface area contributed by atoms with Crippen molar-refractivity contribution in [3.05, 3.63) is 72.2 Å². The van der Waals surface area contributed by atoms with E-state index in [-0.39, 0.29) is 12.6 Å². The van der Waals surface area contributed by atoms with E-state index >= 15 is 0 Å². The molecule has 2 aliphatic rings. The smallest absolute Gasteiger partial charge is 0.417 e. The van der Waals surface area contributed by atoms with Crippen LogP contribution in [0.3, 0.4) is 0 Å². The largest absolute Gasteiger partial charge is 0.443 e. The monoisotopic (exact) mass is 570 g/mol. The van der Waals surface area contributed by atoms with Gasteiger partial charge in [0, 0.05) is 24.8 Å². The first-order valence-corrected chi connectivity index (χ1v) is 14.0. The molecule has 0 bridgehead atoms. The van der Waals surface area contributed by atoms with Crippen LogP contribution in [0.2, 0.25) is 0 Å². The molecule has 2 N–H and O–H groups in total. The van der Waals surface area contributed by atoms with E-state index in [1.54, 1.807) is 40.1 Å². The summed E-state index contributed by atoms with van der Waals surface area (Å²) < 4.78 is 13.2. The number of carbonyl (C=O) groups excluding carboxylic acids is 2. The van der Waals surface area contributed by atoms with E-state index in [1.807, 2.05) is 53.1 Å². The fraction of sp³-hybridized carbons (Fsp3) is 0.355. The van der Waals surface area contributed by atoms with Gasteiger partial charge in [0.15, 0.2) is 0 Å². The van der Waals surface area contributed by atoms with E-state index in [0.717, 1.165) is 27.5 Å². The molecular weight excluding hydrogens is 536 g/mol. The lowest BCUT2D eigenvalue weighted by Gasteiger charge is -2.35. The number of hydrogen-bond donors (Lipinski definition) is 2. The molecule has 1 aromatic carbocycles. The molecule has 0 spiro atoms. The topological polar surface area (TPSA) is 122 Å². The van der Waals surface area contributed by atoms with Crippen molar-refractivity contribution in [1.29, 1.82) is 0 Å². The lowest BCUT2D eigenvalue weighted by atomic mass is 9.99. The highest BCUT2D eigenvalue weighted by Gasteiger charge is 2.39. The molecule has 4 aromatic rings. The van der Waals surface area contributed by atoms with Crippen molar-refractivity contribution < 1.29 is 24.2 Å². The Balaban J connectivity index is 1.33. The van der Waals surface area contributed by atoms with E-state index in [9.17, 15) is 14.7 Å². The van der Waals surface area contributed by atoms with Crippen LogP contribution < -0.4 is 10.2 Å². The maximum absolute atomic E-state index is 13.8. The number of amides is 2. The molecule has 5 heterocycles. The number of pyridine rings is 2. The first-order valence-electron chi connectivity index (χ1n) is 14.0. The van der Waals surface area contributed by atoms with Crippen LogP contribution in [0.5, 0.6) is 0 Å². The van der Waals surface area contributed by atoms with Crippen molar-refractivity contribution in [2.24, 2.45) is 0 Å². The minimum atomic E-state index is -0.751. The summed E-state index contributed by atoms with van der Waals surface area (Å²) in [5.74, 6) is 0.110. The number of benzene rings is 1. The van der Waals surface area contributed by atoms with E-state index in [0.29, 0.717) is 42.3 Å². The Kier molecular flexibility index (Phi) is 7.07. The summed E-state index contributed by atoms with van der Waals surface area (Å²) >= 11 is 0. The van der Waals surface area contributed by atoms with Gasteiger partial charge in [-0.2, -0.15) is 0 Å². The summed E-state index contributed by atoms with van der Waals surface area (Å²) in [7, 11) is 0. The van der Waals surface area contributed by atoms with Crippen LogP contribution in [0, 0.1) is 0 Å². The van der Waals surface area contributed by atoms with E-state index in [1.165, 1.54) is 0 Å². The molecule has 0 saturated carbocycles. The number of rotatable bonds is 5. The molecule has 1 fully saturated rings. The number of ether oxygens (including phenoxy) is 2. The summed E-state index contributed by atoms with van der Waals surface area (Å²) in [6, 6.07) is 13.3. The van der Waals surface area contributed by atoms with E-state index < -0.39 is 23.7 Å². The zero-order chi connectivity index (χ0) is 29.6. The van der Waals surface area contributed by atoms with Crippen LogP contribution in [0.4, 0.5) is 22.0 Å². The molecule has 1 saturated heterocycles. The lowest BCUT2D eigenvalue weighted by Crippen LogP contribution is -2.47. The summed E-state index contributed by atoms with van der Waals surface area (Å²) in [5.41, 5.74) is 4.20. The summed E-state index contributed by atoms with van der Waals surface area (Å²) in [6.45, 7) is 8.90. The zero-order valence-corrected chi connectivity index (χ0v) is 24.1. The molecular formula is C31H34N6O5. The fourth-order valence-corrected chi connectivity index (χ4v) is 5.35. The van der Waals surface area contributed by atoms with Gasteiger partial charge in [0.2, 0.25) is 0 Å². The first kappa shape index (κ1) is 27.7. The maximum atomic E-state index is 13.8. The van der Waals surface area contributed by atoms with Gasteiger partial charge in [-0.25, -0.2) is 19.7 Å². The van der Waals surface area contributed by atoms with Gasteiger partial charge in [0.05, 0.1) is 54.3 Å². The van der Waals surface area contributed by atoms with Crippen LogP contribution in [0.25, 0.3) is 16.9 Å². The van der Waals surface area contributed by atoms with E-state index in [2.05, 4.69) is 20.2 Å². The maximum Gasteiger partial charge on any atom is 0.417 e. The second-order valence-electron chi connectivity index (χ2n) is 11.6. The molecule has 0 radical (unpaired) electrons. The number of morpholine rings is 1. The number of anilines is 3. The number of fused-ring (bicyclic) bond motifs is 2. The second kappa shape index (κ2) is 10.7. The van der Waals surface area contributed by atoms with Crippen molar-refractivity contribution in [3.8, 4) is 11.3 Å². The first-order chi connectivity index (χ1) is 20.1. The van der Waals surface area contributed by atoms with Crippen molar-refractivity contribution in [2.75, 3.05) is 29.9 Å². The van der Waals surface area contributed by atoms with Crippen LogP contribution in [0.1, 0.15) is 43.6 Å². The zero-order valence-electron chi connectivity index (χ0n) is 24.1. The molecule has 42 heavy (non-hydrogen) atoms. The second-order valence-corrected chi connectivity index (χ2v) is 11.6. The Bertz CT molecular complexity index is 1640. The van der Waals surface area contributed by atoms with Crippen molar-refractivity contribution in [3.63, 3.8) is 0 Å². The van der Waals surface area contributed by atoms with Gasteiger partial charge in [-0.1, -0.05) is 12.1 Å². The number of imidazole rings is 1. The van der Waals surface area contributed by atoms with Crippen molar-refractivity contribution in [2.45, 2.75) is 52.0 Å². The van der Waals surface area contributed by atoms with Crippen LogP contribution in [-0.4, -0.2) is 73.9 Å². The Morgan fingerprint density at radius 2 is 1.98 bits per heavy atom.